The topological polar surface area (TPSA) is 85.4 Å². The van der Waals surface area contributed by atoms with Crippen LogP contribution in [0, 0.1) is 5.82 Å². The first-order valence-corrected chi connectivity index (χ1v) is 10.3. The van der Waals surface area contributed by atoms with E-state index < -0.39 is 6.03 Å². The molecule has 0 aliphatic carbocycles. The standard InChI is InChI=1S/C23H15Cl2FN4O3/c24-21-11-16(12-22(25)30-21)29-23(31)28-15-9-19(32-17-3-1-14(26)2-4-17)13-20(10-15)33-18-5-7-27-8-6-18/h1-13H,(H2,28,29,30,31). The van der Waals surface area contributed by atoms with Crippen LogP contribution in [0.4, 0.5) is 20.6 Å². The van der Waals surface area contributed by atoms with Gasteiger partial charge in [-0.05, 0) is 48.5 Å². The third kappa shape index (κ3) is 6.55. The zero-order valence-corrected chi connectivity index (χ0v) is 18.3. The smallest absolute Gasteiger partial charge is 0.323 e. The molecular formula is C23H15Cl2FN4O3. The van der Waals surface area contributed by atoms with Gasteiger partial charge in [0, 0.05) is 42.0 Å². The molecule has 2 N–H and O–H groups in total. The SMILES string of the molecule is O=C(Nc1cc(Oc2ccncc2)cc(Oc2ccc(F)cc2)c1)Nc1cc(Cl)nc(Cl)c1. The Morgan fingerprint density at radius 2 is 1.24 bits per heavy atom. The summed E-state index contributed by atoms with van der Waals surface area (Å²) in [6, 6.07) is 16.1. The zero-order chi connectivity index (χ0) is 23.2. The van der Waals surface area contributed by atoms with Crippen molar-refractivity contribution in [2.45, 2.75) is 0 Å². The lowest BCUT2D eigenvalue weighted by Gasteiger charge is -2.13. The van der Waals surface area contributed by atoms with Crippen LogP contribution in [0.1, 0.15) is 0 Å². The molecule has 0 saturated heterocycles. The van der Waals surface area contributed by atoms with Gasteiger partial charge in [-0.1, -0.05) is 23.2 Å². The van der Waals surface area contributed by atoms with E-state index in [2.05, 4.69) is 20.6 Å². The number of ether oxygens (including phenoxy) is 2. The van der Waals surface area contributed by atoms with E-state index >= 15 is 0 Å². The van der Waals surface area contributed by atoms with E-state index in [1.54, 1.807) is 42.7 Å². The molecule has 0 saturated carbocycles. The summed E-state index contributed by atoms with van der Waals surface area (Å²) in [4.78, 5) is 20.3. The predicted octanol–water partition coefficient (Wildman–Crippen LogP) is 7.15. The number of hydrogen-bond acceptors (Lipinski definition) is 5. The Bertz CT molecular complexity index is 1250. The molecule has 0 unspecified atom stereocenters. The molecule has 2 heterocycles. The molecule has 0 aliphatic heterocycles. The van der Waals surface area contributed by atoms with Gasteiger partial charge in [0.25, 0.3) is 0 Å². The molecule has 2 aromatic carbocycles. The van der Waals surface area contributed by atoms with Crippen LogP contribution in [0.5, 0.6) is 23.0 Å². The number of anilines is 2. The highest BCUT2D eigenvalue weighted by atomic mass is 35.5. The molecule has 2 aromatic heterocycles. The maximum atomic E-state index is 13.2. The second-order valence-corrected chi connectivity index (χ2v) is 7.39. The van der Waals surface area contributed by atoms with Crippen molar-refractivity contribution in [2.24, 2.45) is 0 Å². The van der Waals surface area contributed by atoms with Crippen LogP contribution in [0.2, 0.25) is 10.3 Å². The van der Waals surface area contributed by atoms with Gasteiger partial charge in [0.15, 0.2) is 0 Å². The first-order chi connectivity index (χ1) is 15.9. The van der Waals surface area contributed by atoms with Crippen LogP contribution >= 0.6 is 23.2 Å². The van der Waals surface area contributed by atoms with Crippen molar-refractivity contribution in [3.63, 3.8) is 0 Å². The number of halogens is 3. The van der Waals surface area contributed by atoms with Crippen molar-refractivity contribution in [1.29, 1.82) is 0 Å². The van der Waals surface area contributed by atoms with E-state index in [0.29, 0.717) is 34.4 Å². The molecule has 0 bridgehead atoms. The lowest BCUT2D eigenvalue weighted by atomic mass is 10.2. The van der Waals surface area contributed by atoms with Crippen LogP contribution in [0.3, 0.4) is 0 Å². The van der Waals surface area contributed by atoms with Gasteiger partial charge < -0.3 is 20.1 Å². The molecule has 0 atom stereocenters. The number of amides is 2. The summed E-state index contributed by atoms with van der Waals surface area (Å²) in [5, 5.41) is 5.61. The maximum Gasteiger partial charge on any atom is 0.323 e. The largest absolute Gasteiger partial charge is 0.457 e. The van der Waals surface area contributed by atoms with E-state index in [4.69, 9.17) is 32.7 Å². The Labute approximate surface area is 198 Å². The molecular weight excluding hydrogens is 470 g/mol. The van der Waals surface area contributed by atoms with Crippen LogP contribution in [0.25, 0.3) is 0 Å². The minimum absolute atomic E-state index is 0.139. The van der Waals surface area contributed by atoms with Gasteiger partial charge in [-0.3, -0.25) is 4.98 Å². The van der Waals surface area contributed by atoms with E-state index in [0.717, 1.165) is 0 Å². The predicted molar refractivity (Wildman–Crippen MR) is 124 cm³/mol. The summed E-state index contributed by atoms with van der Waals surface area (Å²) >= 11 is 11.7. The number of nitrogens with one attached hydrogen (secondary N) is 2. The van der Waals surface area contributed by atoms with Crippen molar-refractivity contribution < 1.29 is 18.7 Å². The van der Waals surface area contributed by atoms with Crippen molar-refractivity contribution in [3.05, 3.63) is 95.2 Å². The third-order valence-electron chi connectivity index (χ3n) is 4.09. The molecule has 0 radical (unpaired) electrons. The number of urea groups is 1. The Kier molecular flexibility index (Phi) is 6.87. The fourth-order valence-electron chi connectivity index (χ4n) is 2.77. The molecule has 33 heavy (non-hydrogen) atoms. The highest BCUT2D eigenvalue weighted by Gasteiger charge is 2.10. The van der Waals surface area contributed by atoms with Gasteiger partial charge in [0.1, 0.15) is 39.1 Å². The summed E-state index contributed by atoms with van der Waals surface area (Å²) < 4.78 is 24.9. The van der Waals surface area contributed by atoms with Crippen LogP contribution in [-0.4, -0.2) is 16.0 Å². The summed E-state index contributed by atoms with van der Waals surface area (Å²) in [5.41, 5.74) is 0.742. The Morgan fingerprint density at radius 3 is 1.82 bits per heavy atom. The Hall–Kier alpha value is -3.88. The van der Waals surface area contributed by atoms with Gasteiger partial charge in [-0.25, -0.2) is 14.2 Å². The number of hydrogen-bond donors (Lipinski definition) is 2. The lowest BCUT2D eigenvalue weighted by molar-refractivity contribution is 0.262. The summed E-state index contributed by atoms with van der Waals surface area (Å²) in [6.45, 7) is 0. The number of pyridine rings is 2. The maximum absolute atomic E-state index is 13.2. The average Bonchev–Trinajstić information content (AvgIpc) is 2.75. The molecule has 4 aromatic rings. The molecule has 2 amide bonds. The van der Waals surface area contributed by atoms with E-state index in [9.17, 15) is 9.18 Å². The van der Waals surface area contributed by atoms with E-state index in [1.807, 2.05) is 0 Å². The van der Waals surface area contributed by atoms with Gasteiger partial charge >= 0.3 is 6.03 Å². The Balaban J connectivity index is 1.57. The van der Waals surface area contributed by atoms with Gasteiger partial charge in [0.2, 0.25) is 0 Å². The van der Waals surface area contributed by atoms with Gasteiger partial charge in [-0.15, -0.1) is 0 Å². The minimum atomic E-state index is -0.554. The summed E-state index contributed by atoms with van der Waals surface area (Å²) in [7, 11) is 0. The molecule has 0 spiro atoms. The van der Waals surface area contributed by atoms with Crippen molar-refractivity contribution in [2.75, 3.05) is 10.6 Å². The highest BCUT2D eigenvalue weighted by molar-refractivity contribution is 6.33. The van der Waals surface area contributed by atoms with Crippen LogP contribution < -0.4 is 20.1 Å². The molecule has 4 rings (SSSR count). The second-order valence-electron chi connectivity index (χ2n) is 6.61. The number of aromatic nitrogens is 2. The second kappa shape index (κ2) is 10.2. The minimum Gasteiger partial charge on any atom is -0.457 e. The summed E-state index contributed by atoms with van der Waals surface area (Å²) in [6.07, 6.45) is 3.18. The van der Waals surface area contributed by atoms with Crippen molar-refractivity contribution in [3.8, 4) is 23.0 Å². The number of nitrogens with zero attached hydrogens (tertiary/aromatic N) is 2. The van der Waals surface area contributed by atoms with Crippen LogP contribution in [-0.2, 0) is 0 Å². The van der Waals surface area contributed by atoms with Gasteiger partial charge in [-0.2, -0.15) is 0 Å². The zero-order valence-electron chi connectivity index (χ0n) is 16.8. The number of benzene rings is 2. The normalized spacial score (nSPS) is 10.4. The molecule has 0 fully saturated rings. The van der Waals surface area contributed by atoms with Crippen LogP contribution in [0.15, 0.2) is 79.1 Å². The lowest BCUT2D eigenvalue weighted by Crippen LogP contribution is -2.19. The monoisotopic (exact) mass is 484 g/mol. The van der Waals surface area contributed by atoms with Crippen molar-refractivity contribution in [1.82, 2.24) is 9.97 Å². The fraction of sp³-hybridized carbons (Fsp3) is 0. The third-order valence-corrected chi connectivity index (χ3v) is 4.48. The average molecular weight is 485 g/mol. The number of carbonyl (C=O) groups is 1. The first kappa shape index (κ1) is 22.3. The number of carbonyl (C=O) groups excluding carboxylic acids is 1. The molecule has 166 valence electrons. The van der Waals surface area contributed by atoms with E-state index in [-0.39, 0.29) is 16.1 Å². The molecule has 7 nitrogen and oxygen atoms in total. The van der Waals surface area contributed by atoms with Crippen molar-refractivity contribution >= 4 is 40.6 Å². The quantitative estimate of drug-likeness (QED) is 0.283. The fourth-order valence-corrected chi connectivity index (χ4v) is 3.23. The number of rotatable bonds is 6. The first-order valence-electron chi connectivity index (χ1n) is 9.50. The van der Waals surface area contributed by atoms with Gasteiger partial charge in [0.05, 0.1) is 0 Å². The highest BCUT2D eigenvalue weighted by Crippen LogP contribution is 2.32. The summed E-state index contributed by atoms with van der Waals surface area (Å²) in [5.74, 6) is 1.33. The molecule has 10 heteroatoms. The Morgan fingerprint density at radius 1 is 0.727 bits per heavy atom. The van der Waals surface area contributed by atoms with E-state index in [1.165, 1.54) is 36.4 Å². The molecule has 0 aliphatic rings.